The van der Waals surface area contributed by atoms with E-state index in [0.717, 1.165) is 19.7 Å². The van der Waals surface area contributed by atoms with Crippen molar-refractivity contribution in [1.29, 1.82) is 0 Å². The second-order valence-corrected chi connectivity index (χ2v) is 3.47. The van der Waals surface area contributed by atoms with Gasteiger partial charge in [0.25, 0.3) is 0 Å². The van der Waals surface area contributed by atoms with Gasteiger partial charge in [0.2, 0.25) is 0 Å². The van der Waals surface area contributed by atoms with Gasteiger partial charge in [0.05, 0.1) is 12.7 Å². The van der Waals surface area contributed by atoms with Crippen LogP contribution < -0.4 is 5.32 Å². The van der Waals surface area contributed by atoms with Gasteiger partial charge in [-0.2, -0.15) is 0 Å². The summed E-state index contributed by atoms with van der Waals surface area (Å²) in [5.41, 5.74) is 0. The summed E-state index contributed by atoms with van der Waals surface area (Å²) in [6.07, 6.45) is 7.00. The van der Waals surface area contributed by atoms with Crippen molar-refractivity contribution in [1.82, 2.24) is 5.32 Å². The Morgan fingerprint density at radius 2 is 2.25 bits per heavy atom. The van der Waals surface area contributed by atoms with Gasteiger partial charge in [-0.1, -0.05) is 32.6 Å². The molecule has 0 aromatic rings. The molecule has 1 unspecified atom stereocenters. The summed E-state index contributed by atoms with van der Waals surface area (Å²) in [5, 5.41) is 4.33. The summed E-state index contributed by atoms with van der Waals surface area (Å²) in [7, 11) is 0. The zero-order chi connectivity index (χ0) is 8.65. The molecule has 1 aliphatic heterocycles. The molecule has 12 heavy (non-hydrogen) atoms. The average molecular weight is 170 g/mol. The molecule has 0 bridgehead atoms. The van der Waals surface area contributed by atoms with Gasteiger partial charge in [0.15, 0.2) is 0 Å². The molecule has 0 amide bonds. The van der Waals surface area contributed by atoms with Crippen molar-refractivity contribution < 1.29 is 4.74 Å². The predicted octanol–water partition coefficient (Wildman–Crippen LogP) is 1.96. The van der Waals surface area contributed by atoms with Crippen LogP contribution >= 0.6 is 0 Å². The lowest BCUT2D eigenvalue weighted by Gasteiger charge is -2.22. The van der Waals surface area contributed by atoms with Crippen LogP contribution in [0, 0.1) is 0 Å². The van der Waals surface area contributed by atoms with Crippen LogP contribution in [0.15, 0.2) is 0 Å². The monoisotopic (exact) mass is 170 g/mol. The Labute approximate surface area is 75.7 Å². The lowest BCUT2D eigenvalue weighted by atomic mass is 10.1. The van der Waals surface area contributed by atoms with Crippen molar-refractivity contribution in [2.75, 3.05) is 19.7 Å². The van der Waals surface area contributed by atoms with Crippen LogP contribution in [0.1, 0.15) is 39.0 Å². The molecule has 1 saturated heterocycles. The second-order valence-electron chi connectivity index (χ2n) is 3.47. The van der Waals surface area contributed by atoms with Gasteiger partial charge in [0, 0.05) is 13.1 Å². The van der Waals surface area contributed by atoms with Crippen molar-refractivity contribution >= 4 is 0 Å². The van der Waals surface area contributed by atoms with Gasteiger partial charge >= 0.3 is 0 Å². The van der Waals surface area contributed by atoms with Crippen LogP contribution in [-0.4, -0.2) is 25.8 Å². The number of unbranched alkanes of at least 4 members (excludes halogenated alkanes) is 3. The zero-order valence-corrected chi connectivity index (χ0v) is 8.09. The molecule has 2 heteroatoms. The van der Waals surface area contributed by atoms with Gasteiger partial charge in [-0.15, -0.1) is 0 Å². The van der Waals surface area contributed by atoms with Crippen molar-refractivity contribution in [3.8, 4) is 0 Å². The highest BCUT2D eigenvalue weighted by atomic mass is 16.5. The highest BCUT2D eigenvalue weighted by Crippen LogP contribution is 2.09. The Morgan fingerprint density at radius 1 is 1.33 bits per heavy atom. The first-order chi connectivity index (χ1) is 5.93. The largest absolute Gasteiger partial charge is 0.375 e. The van der Waals surface area contributed by atoms with E-state index in [4.69, 9.17) is 4.74 Å². The van der Waals surface area contributed by atoms with Crippen molar-refractivity contribution in [3.63, 3.8) is 0 Å². The molecule has 1 atom stereocenters. The fourth-order valence-corrected chi connectivity index (χ4v) is 1.55. The van der Waals surface area contributed by atoms with Gasteiger partial charge < -0.3 is 4.74 Å². The molecule has 2 nitrogen and oxygen atoms in total. The number of ether oxygens (including phenoxy) is 1. The Hall–Kier alpha value is -0.0800. The third-order valence-corrected chi connectivity index (χ3v) is 2.32. The molecule has 1 radical (unpaired) electrons. The average Bonchev–Trinajstić information content (AvgIpc) is 2.14. The number of morpholine rings is 1. The summed E-state index contributed by atoms with van der Waals surface area (Å²) >= 11 is 0. The molecule has 0 spiro atoms. The van der Waals surface area contributed by atoms with Gasteiger partial charge in [-0.3, -0.25) is 0 Å². The fraction of sp³-hybridized carbons (Fsp3) is 1.00. The summed E-state index contributed by atoms with van der Waals surface area (Å²) in [4.78, 5) is 0. The summed E-state index contributed by atoms with van der Waals surface area (Å²) in [5.74, 6) is 0. The highest BCUT2D eigenvalue weighted by Gasteiger charge is 2.12. The Bertz CT molecular complexity index is 100. The number of hydrogen-bond acceptors (Lipinski definition) is 1. The Kier molecular flexibility index (Phi) is 5.37. The van der Waals surface area contributed by atoms with Gasteiger partial charge in [-0.05, 0) is 6.42 Å². The van der Waals surface area contributed by atoms with E-state index < -0.39 is 0 Å². The van der Waals surface area contributed by atoms with Crippen LogP contribution in [-0.2, 0) is 4.74 Å². The van der Waals surface area contributed by atoms with E-state index in [1.807, 2.05) is 0 Å². The Morgan fingerprint density at radius 3 is 2.92 bits per heavy atom. The number of rotatable bonds is 5. The van der Waals surface area contributed by atoms with E-state index in [-0.39, 0.29) is 0 Å². The molecule has 71 valence electrons. The molecule has 1 rings (SSSR count). The van der Waals surface area contributed by atoms with E-state index in [1.165, 1.54) is 32.1 Å². The Balaban J connectivity index is 1.91. The van der Waals surface area contributed by atoms with Crippen molar-refractivity contribution in [2.24, 2.45) is 0 Å². The third-order valence-electron chi connectivity index (χ3n) is 2.32. The maximum Gasteiger partial charge on any atom is 0.0716 e. The zero-order valence-electron chi connectivity index (χ0n) is 8.09. The van der Waals surface area contributed by atoms with Crippen molar-refractivity contribution in [2.45, 2.75) is 45.1 Å². The lowest BCUT2D eigenvalue weighted by Crippen LogP contribution is -2.33. The molecular weight excluding hydrogens is 150 g/mol. The first kappa shape index (κ1) is 10.0. The molecule has 1 heterocycles. The third kappa shape index (κ3) is 4.07. The maximum atomic E-state index is 5.56. The standard InChI is InChI=1S/C10H20NO/c1-2-3-4-5-6-10-9-11-7-8-12-10/h10H,2-9H2,1H3. The maximum absolute atomic E-state index is 5.56. The van der Waals surface area contributed by atoms with E-state index in [1.54, 1.807) is 0 Å². The molecule has 0 N–H and O–H groups in total. The van der Waals surface area contributed by atoms with Crippen LogP contribution in [0.4, 0.5) is 0 Å². The molecule has 1 aliphatic rings. The first-order valence-corrected chi connectivity index (χ1v) is 5.18. The number of nitrogens with zero attached hydrogens (tertiary/aromatic N) is 1. The normalized spacial score (nSPS) is 24.2. The molecular formula is C10H20NO. The van der Waals surface area contributed by atoms with Crippen LogP contribution in [0.3, 0.4) is 0 Å². The minimum Gasteiger partial charge on any atom is -0.375 e. The van der Waals surface area contributed by atoms with Crippen LogP contribution in [0.5, 0.6) is 0 Å². The van der Waals surface area contributed by atoms with E-state index in [9.17, 15) is 0 Å². The summed E-state index contributed by atoms with van der Waals surface area (Å²) in [6.45, 7) is 4.93. The summed E-state index contributed by atoms with van der Waals surface area (Å²) < 4.78 is 5.56. The minimum atomic E-state index is 0.440. The molecule has 0 aromatic heterocycles. The smallest absolute Gasteiger partial charge is 0.0716 e. The fourth-order valence-electron chi connectivity index (χ4n) is 1.55. The number of hydrogen-bond donors (Lipinski definition) is 0. The first-order valence-electron chi connectivity index (χ1n) is 5.18. The van der Waals surface area contributed by atoms with E-state index >= 15 is 0 Å². The topological polar surface area (TPSA) is 23.3 Å². The lowest BCUT2D eigenvalue weighted by molar-refractivity contribution is 0.0205. The van der Waals surface area contributed by atoms with Crippen LogP contribution in [0.25, 0.3) is 0 Å². The van der Waals surface area contributed by atoms with Crippen LogP contribution in [0.2, 0.25) is 0 Å². The van der Waals surface area contributed by atoms with E-state index in [2.05, 4.69) is 12.2 Å². The molecule has 0 saturated carbocycles. The van der Waals surface area contributed by atoms with Gasteiger partial charge in [-0.25, -0.2) is 5.32 Å². The van der Waals surface area contributed by atoms with E-state index in [0.29, 0.717) is 6.10 Å². The molecule has 0 aromatic carbocycles. The summed E-state index contributed by atoms with van der Waals surface area (Å²) in [6, 6.07) is 0. The quantitative estimate of drug-likeness (QED) is 0.578. The minimum absolute atomic E-state index is 0.440. The van der Waals surface area contributed by atoms with Crippen molar-refractivity contribution in [3.05, 3.63) is 0 Å². The SMILES string of the molecule is CCCCCCC1C[N]CCO1. The highest BCUT2D eigenvalue weighted by molar-refractivity contribution is 4.66. The van der Waals surface area contributed by atoms with Gasteiger partial charge in [0.1, 0.15) is 0 Å². The second kappa shape index (κ2) is 6.44. The predicted molar refractivity (Wildman–Crippen MR) is 50.4 cm³/mol. The molecule has 0 aliphatic carbocycles. The molecule has 1 fully saturated rings.